The van der Waals surface area contributed by atoms with Gasteiger partial charge in [-0.05, 0) is 120 Å². The first-order chi connectivity index (χ1) is 50.9. The Bertz CT molecular complexity index is 3980. The van der Waals surface area contributed by atoms with E-state index in [-0.39, 0.29) is 130 Å². The van der Waals surface area contributed by atoms with Gasteiger partial charge in [-0.15, -0.1) is 0 Å². The zero-order valence-corrected chi connectivity index (χ0v) is 70.1. The van der Waals surface area contributed by atoms with Crippen LogP contribution in [0, 0.1) is 38.5 Å². The summed E-state index contributed by atoms with van der Waals surface area (Å²) in [6.45, 7) is 18.4. The molecule has 0 spiro atoms. The number of esters is 3. The van der Waals surface area contributed by atoms with Gasteiger partial charge >= 0.3 is 17.9 Å². The number of para-hydroxylation sites is 3. The number of methoxy groups -OCH3 is 3. The Morgan fingerprint density at radius 2 is 0.716 bits per heavy atom. The van der Waals surface area contributed by atoms with E-state index in [1.807, 2.05) is 98.5 Å². The Labute approximate surface area is 677 Å². The number of anilines is 3. The molecular weight excluding hydrogens is 1580 g/mol. The number of carbonyl (C=O) groups is 9. The van der Waals surface area contributed by atoms with Crippen molar-refractivity contribution >= 4 is 70.4 Å². The lowest BCUT2D eigenvalue weighted by molar-refractivity contribution is -0.940. The summed E-state index contributed by atoms with van der Waals surface area (Å²) in [5, 5.41) is 12.3. The van der Waals surface area contributed by atoms with Crippen molar-refractivity contribution in [3.63, 3.8) is 0 Å². The second kappa shape index (κ2) is 44.6. The minimum absolute atomic E-state index is 0. The molecule has 4 N–H and O–H groups in total. The Kier molecular flexibility index (Phi) is 37.5. The number of amides is 6. The number of ether oxygens (including phenoxy) is 3. The number of aryl methyl sites for hydroxylation is 3. The Balaban J connectivity index is 0.000000289. The fourth-order valence-electron chi connectivity index (χ4n) is 16.2. The topological polar surface area (TPSA) is 236 Å². The molecule has 109 heavy (non-hydrogen) atoms. The number of nitrogens with one attached hydrogen (secondary N) is 4. The molecule has 24 heteroatoms. The fraction of sp³-hybridized carbons (Fsp3) is 0.471. The van der Waals surface area contributed by atoms with E-state index in [1.165, 1.54) is 34.2 Å². The first-order valence-corrected chi connectivity index (χ1v) is 37.9. The lowest BCUT2D eigenvalue weighted by Crippen LogP contribution is -3.00. The molecule has 0 bridgehead atoms. The maximum atomic E-state index is 13.6. The number of likely N-dealkylation sites (tertiary alicyclic amines) is 3. The van der Waals surface area contributed by atoms with Crippen LogP contribution < -0.4 is 72.2 Å². The van der Waals surface area contributed by atoms with Gasteiger partial charge in [-0.2, -0.15) is 0 Å². The van der Waals surface area contributed by atoms with Gasteiger partial charge in [0.2, 0.25) is 17.7 Å². The van der Waals surface area contributed by atoms with E-state index in [2.05, 4.69) is 71.5 Å². The molecule has 6 amide bonds. The molecule has 6 unspecified atom stereocenters. The molecular formula is C85H114Br3N9O12. The maximum absolute atomic E-state index is 13.6. The number of rotatable bonds is 26. The molecule has 6 atom stereocenters. The normalized spacial score (nSPS) is 19.9. The maximum Gasteiger partial charge on any atom is 0.339 e. The molecule has 0 aromatic heterocycles. The summed E-state index contributed by atoms with van der Waals surface area (Å²) >= 11 is 0. The van der Waals surface area contributed by atoms with E-state index in [0.717, 1.165) is 130 Å². The van der Waals surface area contributed by atoms with Gasteiger partial charge in [-0.1, -0.05) is 154 Å². The van der Waals surface area contributed by atoms with Gasteiger partial charge in [0.05, 0.1) is 112 Å². The second-order valence-corrected chi connectivity index (χ2v) is 29.8. The zero-order valence-electron chi connectivity index (χ0n) is 65.3. The molecule has 1 aliphatic carbocycles. The lowest BCUT2D eigenvalue weighted by Gasteiger charge is -2.44. The largest absolute Gasteiger partial charge is 1.00 e. The van der Waals surface area contributed by atoms with Crippen LogP contribution in [-0.4, -0.2) is 190 Å². The number of hydrogen-bond donors (Lipinski definition) is 4. The first-order valence-electron chi connectivity index (χ1n) is 37.9. The fourth-order valence-corrected chi connectivity index (χ4v) is 16.2. The van der Waals surface area contributed by atoms with Crippen LogP contribution in [0.2, 0.25) is 0 Å². The summed E-state index contributed by atoms with van der Waals surface area (Å²) in [7, 11) is 7.55. The minimum Gasteiger partial charge on any atom is -1.00 e. The van der Waals surface area contributed by atoms with Gasteiger partial charge < -0.3 is 110 Å². The van der Waals surface area contributed by atoms with Gasteiger partial charge in [0.1, 0.15) is 19.6 Å². The van der Waals surface area contributed by atoms with Crippen LogP contribution in [0.3, 0.4) is 0 Å². The molecule has 3 saturated heterocycles. The number of halogens is 3. The highest BCUT2D eigenvalue weighted by Gasteiger charge is 2.44. The second-order valence-electron chi connectivity index (χ2n) is 29.8. The predicted molar refractivity (Wildman–Crippen MR) is 413 cm³/mol. The monoisotopic (exact) mass is 1690 g/mol. The minimum atomic E-state index is -0.489. The van der Waals surface area contributed by atoms with Crippen molar-refractivity contribution in [3.05, 3.63) is 196 Å². The van der Waals surface area contributed by atoms with Gasteiger partial charge in [0, 0.05) is 49.9 Å². The molecule has 592 valence electrons. The SMILES string of the molecule is CCCN(CCC)C(=O)C1CCC[N+](CC(=O)Nc2c(C)cccc2C(=O)OC)(Cc2ccccc2)C1.COC(=O)c1cccc(C)c1NC(=O)C[N+]1(Cc2ccccc2)CCCC(C(=O)N(C)C)C1.COC(=O)c1cccc(C)c1NC(=O)C[N+]1(Cc2ccccc2)CCCC(C(=O)NC2CCCC2)C1.[Br-].[Br-].[Br-]. The summed E-state index contributed by atoms with van der Waals surface area (Å²) in [5.41, 5.74) is 8.28. The Morgan fingerprint density at radius 1 is 0.404 bits per heavy atom. The van der Waals surface area contributed by atoms with Crippen LogP contribution >= 0.6 is 0 Å². The van der Waals surface area contributed by atoms with E-state index in [0.29, 0.717) is 86.5 Å². The third-order valence-electron chi connectivity index (χ3n) is 21.2. The highest BCUT2D eigenvalue weighted by Crippen LogP contribution is 2.34. The average Bonchev–Trinajstić information content (AvgIpc) is 0.907. The van der Waals surface area contributed by atoms with E-state index in [9.17, 15) is 43.2 Å². The van der Waals surface area contributed by atoms with Crippen molar-refractivity contribution in [3.8, 4) is 0 Å². The van der Waals surface area contributed by atoms with Crippen LogP contribution in [0.4, 0.5) is 17.1 Å². The third kappa shape index (κ3) is 26.3. The first kappa shape index (κ1) is 91.5. The molecule has 1 saturated carbocycles. The highest BCUT2D eigenvalue weighted by atomic mass is 79.9. The van der Waals surface area contributed by atoms with Gasteiger partial charge in [0.15, 0.2) is 19.6 Å². The standard InChI is InChI=1S/C30H41N3O4.C29H37N3O4.C26H33N3O4.3BrH/c1-5-17-32(18-6-2)29(35)25-15-11-19-33(21-25,20-24-13-8-7-9-14-24)22-27(34)31-28-23(3)12-10-16-26(28)30(36)37-4;1-21-10-8-16-25(29(35)36-2)27(21)31-26(33)20-32(18-22-11-4-3-5-12-22)17-9-13-23(19-32)28(34)30-24-14-6-7-15-24;1-19-10-8-14-22(26(32)33-4)24(19)27-23(30)18-29(16-20-11-6-5-7-12-20)15-9-13-21(17-29)25(31)28(2)3;;;/h7-10,12-14,16,25H,5-6,11,15,17-22H2,1-4H3;3-5,8,10-12,16,23-24H,6-7,9,13-15,17-20H2,1-2H3,(H-,30,31,33,34,35);5-8,10-12,14,21H,9,13,15-18H2,1-4H3;3*1H. The summed E-state index contributed by atoms with van der Waals surface area (Å²) < 4.78 is 16.3. The molecule has 21 nitrogen and oxygen atoms in total. The lowest BCUT2D eigenvalue weighted by atomic mass is 9.93. The quantitative estimate of drug-likeness (QED) is 0.0348. The van der Waals surface area contributed by atoms with Gasteiger partial charge in [0.25, 0.3) is 17.7 Å². The van der Waals surface area contributed by atoms with Crippen LogP contribution in [-0.2, 0) is 62.6 Å². The van der Waals surface area contributed by atoms with Crippen molar-refractivity contribution in [2.75, 3.05) is 123 Å². The molecule has 0 radical (unpaired) electrons. The van der Waals surface area contributed by atoms with Gasteiger partial charge in [-0.25, -0.2) is 14.4 Å². The molecule has 4 aliphatic rings. The molecule has 6 aromatic rings. The number of quaternary nitrogens is 3. The molecule has 6 aromatic carbocycles. The zero-order chi connectivity index (χ0) is 76.4. The Morgan fingerprint density at radius 3 is 1.03 bits per heavy atom. The van der Waals surface area contributed by atoms with Crippen LogP contribution in [0.25, 0.3) is 0 Å². The summed E-state index contributed by atoms with van der Waals surface area (Å²) in [6, 6.07) is 46.6. The predicted octanol–water partition coefficient (Wildman–Crippen LogP) is 3.25. The number of hydrogen-bond acceptors (Lipinski definition) is 12. The van der Waals surface area contributed by atoms with Crippen LogP contribution in [0.1, 0.15) is 155 Å². The molecule has 4 fully saturated rings. The number of carbonyl (C=O) groups excluding carboxylic acids is 9. The third-order valence-corrected chi connectivity index (χ3v) is 21.2. The average molecular weight is 1690 g/mol. The van der Waals surface area contributed by atoms with E-state index < -0.39 is 17.9 Å². The summed E-state index contributed by atoms with van der Waals surface area (Å²) in [4.78, 5) is 120. The van der Waals surface area contributed by atoms with Crippen LogP contribution in [0.15, 0.2) is 146 Å². The van der Waals surface area contributed by atoms with E-state index in [4.69, 9.17) is 14.2 Å². The van der Waals surface area contributed by atoms with Crippen molar-refractivity contribution in [2.24, 2.45) is 17.8 Å². The number of piperidine rings is 3. The Hall–Kier alpha value is -8.13. The number of nitrogens with zero attached hydrogens (tertiary/aromatic N) is 5. The van der Waals surface area contributed by atoms with Crippen LogP contribution in [0.5, 0.6) is 0 Å². The van der Waals surface area contributed by atoms with Crippen molar-refractivity contribution in [1.82, 2.24) is 15.1 Å². The molecule has 10 rings (SSSR count). The molecule has 3 aliphatic heterocycles. The van der Waals surface area contributed by atoms with Crippen molar-refractivity contribution < 1.29 is 122 Å². The highest BCUT2D eigenvalue weighted by molar-refractivity contribution is 6.04. The number of benzene rings is 6. The smallest absolute Gasteiger partial charge is 0.339 e. The van der Waals surface area contributed by atoms with E-state index in [1.54, 1.807) is 55.4 Å². The summed E-state index contributed by atoms with van der Waals surface area (Å²) in [6.07, 6.45) is 11.5. The van der Waals surface area contributed by atoms with Crippen molar-refractivity contribution in [1.29, 1.82) is 0 Å². The van der Waals surface area contributed by atoms with E-state index >= 15 is 0 Å². The van der Waals surface area contributed by atoms with Gasteiger partial charge in [-0.3, -0.25) is 28.8 Å². The van der Waals surface area contributed by atoms with Crippen molar-refractivity contribution in [2.45, 2.75) is 137 Å². The molecule has 3 heterocycles. The summed E-state index contributed by atoms with van der Waals surface area (Å²) in [5.74, 6) is -1.84.